The average molecular weight is 441 g/mol. The number of aryl methyl sites for hydroxylation is 3. The van der Waals surface area contributed by atoms with E-state index in [2.05, 4.69) is 25.1 Å². The summed E-state index contributed by atoms with van der Waals surface area (Å²) in [5.74, 6) is -1.24. The van der Waals surface area contributed by atoms with Crippen LogP contribution in [0.2, 0.25) is 0 Å². The molecule has 0 radical (unpaired) electrons. The summed E-state index contributed by atoms with van der Waals surface area (Å²) in [7, 11) is 0. The van der Waals surface area contributed by atoms with Crippen molar-refractivity contribution in [2.24, 2.45) is 0 Å². The minimum atomic E-state index is -4.68. The van der Waals surface area contributed by atoms with Crippen LogP contribution in [0.4, 0.5) is 17.6 Å². The van der Waals surface area contributed by atoms with E-state index in [0.29, 0.717) is 5.56 Å². The molecule has 0 saturated heterocycles. The molecule has 0 aliphatic heterocycles. The van der Waals surface area contributed by atoms with Crippen molar-refractivity contribution >= 4 is 0 Å². The molecule has 4 rings (SSSR count). The van der Waals surface area contributed by atoms with E-state index in [4.69, 9.17) is 0 Å². The number of hydrogen-bond acceptors (Lipinski definition) is 0. The molecule has 3 aromatic rings. The second-order valence-corrected chi connectivity index (χ2v) is 8.72. The van der Waals surface area contributed by atoms with Crippen LogP contribution in [0.15, 0.2) is 54.6 Å². The van der Waals surface area contributed by atoms with Gasteiger partial charge < -0.3 is 0 Å². The summed E-state index contributed by atoms with van der Waals surface area (Å²) in [6.07, 6.45) is 4.62. The number of alkyl halides is 3. The van der Waals surface area contributed by atoms with Gasteiger partial charge in [-0.2, -0.15) is 13.2 Å². The Morgan fingerprint density at radius 2 is 1.34 bits per heavy atom. The summed E-state index contributed by atoms with van der Waals surface area (Å²) in [4.78, 5) is 0. The highest BCUT2D eigenvalue weighted by Crippen LogP contribution is 2.38. The van der Waals surface area contributed by atoms with Crippen LogP contribution >= 0.6 is 0 Å². The second-order valence-electron chi connectivity index (χ2n) is 8.72. The van der Waals surface area contributed by atoms with E-state index in [9.17, 15) is 17.6 Å². The highest BCUT2D eigenvalue weighted by Gasteiger charge is 2.34. The Morgan fingerprint density at radius 3 is 2.03 bits per heavy atom. The van der Waals surface area contributed by atoms with Crippen LogP contribution in [0.5, 0.6) is 0 Å². The van der Waals surface area contributed by atoms with Gasteiger partial charge >= 0.3 is 6.18 Å². The highest BCUT2D eigenvalue weighted by molar-refractivity contribution is 5.77. The minimum absolute atomic E-state index is 0.461. The third kappa shape index (κ3) is 4.90. The maximum atomic E-state index is 14.0. The summed E-state index contributed by atoms with van der Waals surface area (Å²) >= 11 is 0. The van der Waals surface area contributed by atoms with E-state index < -0.39 is 17.6 Å². The van der Waals surface area contributed by atoms with E-state index in [-0.39, 0.29) is 0 Å². The first kappa shape index (κ1) is 22.6. The Labute approximate surface area is 187 Å². The van der Waals surface area contributed by atoms with Crippen LogP contribution in [-0.2, 0) is 25.4 Å². The zero-order valence-electron chi connectivity index (χ0n) is 18.4. The molecule has 32 heavy (non-hydrogen) atoms. The first-order chi connectivity index (χ1) is 15.4. The van der Waals surface area contributed by atoms with Crippen molar-refractivity contribution in [2.75, 3.05) is 0 Å². The van der Waals surface area contributed by atoms with Gasteiger partial charge in [-0.15, -0.1) is 0 Å². The lowest BCUT2D eigenvalue weighted by Crippen LogP contribution is -2.08. The number of benzene rings is 3. The van der Waals surface area contributed by atoms with Gasteiger partial charge in [-0.25, -0.2) is 4.39 Å². The van der Waals surface area contributed by atoms with Gasteiger partial charge in [0, 0.05) is 0 Å². The van der Waals surface area contributed by atoms with Crippen LogP contribution in [0.1, 0.15) is 61.3 Å². The SMILES string of the molecule is CCCCCCCc1ccc2c(c1)CCc1cc(-c3ccc(C(F)(F)F)c(F)c3)ccc1-2. The second kappa shape index (κ2) is 9.48. The monoisotopic (exact) mass is 440 g/mol. The summed E-state index contributed by atoms with van der Waals surface area (Å²) in [5.41, 5.74) is 6.27. The summed E-state index contributed by atoms with van der Waals surface area (Å²) in [6.45, 7) is 2.23. The van der Waals surface area contributed by atoms with Gasteiger partial charge in [-0.1, -0.05) is 75.1 Å². The van der Waals surface area contributed by atoms with Crippen LogP contribution < -0.4 is 0 Å². The molecule has 0 bridgehead atoms. The van der Waals surface area contributed by atoms with Crippen molar-refractivity contribution in [3.05, 3.63) is 82.7 Å². The van der Waals surface area contributed by atoms with Crippen molar-refractivity contribution in [3.8, 4) is 22.3 Å². The minimum Gasteiger partial charge on any atom is -0.206 e. The van der Waals surface area contributed by atoms with E-state index in [1.54, 1.807) is 0 Å². The smallest absolute Gasteiger partial charge is 0.206 e. The molecule has 0 nitrogen and oxygen atoms in total. The lowest BCUT2D eigenvalue weighted by molar-refractivity contribution is -0.139. The number of rotatable bonds is 7. The fraction of sp³-hybridized carbons (Fsp3) is 0.357. The molecule has 3 aromatic carbocycles. The van der Waals surface area contributed by atoms with Gasteiger partial charge in [0.05, 0.1) is 5.56 Å². The van der Waals surface area contributed by atoms with Crippen LogP contribution in [-0.4, -0.2) is 0 Å². The maximum Gasteiger partial charge on any atom is 0.419 e. The average Bonchev–Trinajstić information content (AvgIpc) is 2.77. The molecular formula is C28H28F4. The Morgan fingerprint density at radius 1 is 0.719 bits per heavy atom. The number of unbranched alkanes of at least 4 members (excludes halogenated alkanes) is 4. The maximum absolute atomic E-state index is 14.0. The molecule has 0 N–H and O–H groups in total. The fourth-order valence-electron chi connectivity index (χ4n) is 4.64. The molecule has 0 spiro atoms. The van der Waals surface area contributed by atoms with Gasteiger partial charge in [0.2, 0.25) is 0 Å². The third-order valence-corrected chi connectivity index (χ3v) is 6.41. The van der Waals surface area contributed by atoms with E-state index in [1.807, 2.05) is 18.2 Å². The fourth-order valence-corrected chi connectivity index (χ4v) is 4.64. The Balaban J connectivity index is 1.54. The summed E-state index contributed by atoms with van der Waals surface area (Å²) in [5, 5.41) is 0. The lowest BCUT2D eigenvalue weighted by atomic mass is 9.83. The van der Waals surface area contributed by atoms with Gasteiger partial charge in [-0.05, 0) is 76.8 Å². The first-order valence-corrected chi connectivity index (χ1v) is 11.5. The highest BCUT2D eigenvalue weighted by atomic mass is 19.4. The number of fused-ring (bicyclic) bond motifs is 3. The molecule has 1 aliphatic rings. The summed E-state index contributed by atoms with van der Waals surface area (Å²) < 4.78 is 52.6. The van der Waals surface area contributed by atoms with Gasteiger partial charge in [0.15, 0.2) is 0 Å². The molecule has 0 heterocycles. The molecule has 0 amide bonds. The first-order valence-electron chi connectivity index (χ1n) is 11.5. The molecule has 0 saturated carbocycles. The normalized spacial score (nSPS) is 13.0. The predicted molar refractivity (Wildman–Crippen MR) is 122 cm³/mol. The van der Waals surface area contributed by atoms with E-state index >= 15 is 0 Å². The number of hydrogen-bond donors (Lipinski definition) is 0. The van der Waals surface area contributed by atoms with Crippen molar-refractivity contribution in [1.82, 2.24) is 0 Å². The largest absolute Gasteiger partial charge is 0.419 e. The standard InChI is InChI=1S/C28H28F4/c1-2-3-4-5-6-7-19-8-13-24-22(16-19)9-10-23-17-20(11-14-25(23)24)21-12-15-26(27(29)18-21)28(30,31)32/h8,11-18H,2-7,9-10H2,1H3. The van der Waals surface area contributed by atoms with Crippen molar-refractivity contribution in [2.45, 2.75) is 64.5 Å². The molecule has 1 aliphatic carbocycles. The number of halogens is 4. The molecule has 0 atom stereocenters. The molecular weight excluding hydrogens is 412 g/mol. The van der Waals surface area contributed by atoms with Crippen molar-refractivity contribution in [3.63, 3.8) is 0 Å². The molecule has 168 valence electrons. The zero-order valence-corrected chi connectivity index (χ0v) is 18.4. The Bertz CT molecular complexity index is 1100. The van der Waals surface area contributed by atoms with Crippen molar-refractivity contribution < 1.29 is 17.6 Å². The zero-order chi connectivity index (χ0) is 22.7. The molecule has 0 fully saturated rings. The van der Waals surface area contributed by atoms with Gasteiger partial charge in [0.1, 0.15) is 5.82 Å². The van der Waals surface area contributed by atoms with Crippen LogP contribution in [0.3, 0.4) is 0 Å². The lowest BCUT2D eigenvalue weighted by Gasteiger charge is -2.22. The third-order valence-electron chi connectivity index (χ3n) is 6.41. The molecule has 0 unspecified atom stereocenters. The quantitative estimate of drug-likeness (QED) is 0.254. The predicted octanol–water partition coefficient (Wildman–Crippen LogP) is 8.79. The Kier molecular flexibility index (Phi) is 6.68. The molecule has 0 aromatic heterocycles. The van der Waals surface area contributed by atoms with E-state index in [1.165, 1.54) is 54.9 Å². The van der Waals surface area contributed by atoms with E-state index in [0.717, 1.165) is 48.1 Å². The van der Waals surface area contributed by atoms with Crippen LogP contribution in [0.25, 0.3) is 22.3 Å². The topological polar surface area (TPSA) is 0 Å². The molecule has 4 heteroatoms. The Hall–Kier alpha value is -2.62. The summed E-state index contributed by atoms with van der Waals surface area (Å²) in [6, 6.07) is 15.8. The van der Waals surface area contributed by atoms with Gasteiger partial charge in [0.25, 0.3) is 0 Å². The van der Waals surface area contributed by atoms with Crippen LogP contribution in [0, 0.1) is 5.82 Å². The van der Waals surface area contributed by atoms with Gasteiger partial charge in [-0.3, -0.25) is 0 Å². The van der Waals surface area contributed by atoms with Crippen molar-refractivity contribution in [1.29, 1.82) is 0 Å².